The van der Waals surface area contributed by atoms with Gasteiger partial charge in [-0.15, -0.1) is 0 Å². The molecule has 118 valence electrons. The fourth-order valence-corrected chi connectivity index (χ4v) is 2.53. The monoisotopic (exact) mass is 339 g/mol. The van der Waals surface area contributed by atoms with Crippen molar-refractivity contribution in [2.24, 2.45) is 0 Å². The molecule has 0 saturated heterocycles. The van der Waals surface area contributed by atoms with Gasteiger partial charge in [0.1, 0.15) is 16.5 Å². The summed E-state index contributed by atoms with van der Waals surface area (Å²) in [5, 5.41) is 2.58. The zero-order valence-electron chi connectivity index (χ0n) is 11.4. The first-order valence-electron chi connectivity index (χ1n) is 5.89. The van der Waals surface area contributed by atoms with Crippen molar-refractivity contribution in [2.75, 3.05) is 20.3 Å². The van der Waals surface area contributed by atoms with Gasteiger partial charge in [0.05, 0.1) is 6.61 Å². The van der Waals surface area contributed by atoms with E-state index in [0.717, 1.165) is 18.2 Å². The van der Waals surface area contributed by atoms with E-state index in [1.807, 2.05) is 0 Å². The second-order valence-electron chi connectivity index (χ2n) is 4.24. The molecule has 0 spiro atoms. The Bertz CT molecular complexity index is 608. The predicted octanol–water partition coefficient (Wildman–Crippen LogP) is 1.28. The number of methoxy groups -OCH3 is 1. The summed E-state index contributed by atoms with van der Waals surface area (Å²) in [6, 6.07) is 2.60. The number of carbonyl (C=O) groups excluding carboxylic acids is 1. The molecular weight excluding hydrogens is 325 g/mol. The zero-order chi connectivity index (χ0) is 16.0. The van der Waals surface area contributed by atoms with Crippen LogP contribution >= 0.6 is 10.7 Å². The molecule has 0 aromatic heterocycles. The highest BCUT2D eigenvalue weighted by molar-refractivity contribution is 8.13. The average molecular weight is 340 g/mol. The Morgan fingerprint density at radius 3 is 2.71 bits per heavy atom. The fourth-order valence-electron chi connectivity index (χ4n) is 1.54. The van der Waals surface area contributed by atoms with Gasteiger partial charge in [-0.25, -0.2) is 12.8 Å². The molecule has 1 N–H and O–H groups in total. The van der Waals surface area contributed by atoms with Crippen LogP contribution in [0.2, 0.25) is 0 Å². The summed E-state index contributed by atoms with van der Waals surface area (Å²) in [6.45, 7) is 1.62. The molecule has 0 fully saturated rings. The number of halogens is 2. The Morgan fingerprint density at radius 1 is 1.48 bits per heavy atom. The molecule has 0 bridgehead atoms. The van der Waals surface area contributed by atoms with Crippen molar-refractivity contribution in [3.8, 4) is 5.75 Å². The number of rotatable bonds is 7. The van der Waals surface area contributed by atoms with Gasteiger partial charge < -0.3 is 14.8 Å². The molecule has 0 aliphatic carbocycles. The standard InChI is InChI=1S/C12H15ClFNO5S/c1-8(6-19-2)15-12(16)7-20-10-4-3-9(14)5-11(10)21(13,17)18/h3-5,8H,6-7H2,1-2H3,(H,15,16). The van der Waals surface area contributed by atoms with Crippen LogP contribution in [0.4, 0.5) is 4.39 Å². The molecule has 9 heteroatoms. The van der Waals surface area contributed by atoms with E-state index < -0.39 is 32.3 Å². The molecule has 0 radical (unpaired) electrons. The zero-order valence-corrected chi connectivity index (χ0v) is 13.0. The third kappa shape index (κ3) is 5.86. The highest BCUT2D eigenvalue weighted by Crippen LogP contribution is 2.27. The van der Waals surface area contributed by atoms with Gasteiger partial charge in [0.2, 0.25) is 0 Å². The third-order valence-electron chi connectivity index (χ3n) is 2.35. The molecule has 1 atom stereocenters. The summed E-state index contributed by atoms with van der Waals surface area (Å²) in [5.41, 5.74) is 0. The summed E-state index contributed by atoms with van der Waals surface area (Å²) >= 11 is 0. The minimum atomic E-state index is -4.18. The summed E-state index contributed by atoms with van der Waals surface area (Å²) in [6.07, 6.45) is 0. The average Bonchev–Trinajstić information content (AvgIpc) is 2.36. The number of ether oxygens (including phenoxy) is 2. The van der Waals surface area contributed by atoms with Crippen LogP contribution in [0.25, 0.3) is 0 Å². The van der Waals surface area contributed by atoms with Crippen LogP contribution in [-0.2, 0) is 18.6 Å². The number of hydrogen-bond acceptors (Lipinski definition) is 5. The number of carbonyl (C=O) groups is 1. The first kappa shape index (κ1) is 17.7. The van der Waals surface area contributed by atoms with Crippen LogP contribution in [0.3, 0.4) is 0 Å². The number of nitrogens with one attached hydrogen (secondary N) is 1. The highest BCUT2D eigenvalue weighted by Gasteiger charge is 2.19. The molecule has 0 aliphatic heterocycles. The Balaban J connectivity index is 2.74. The Morgan fingerprint density at radius 2 is 2.14 bits per heavy atom. The SMILES string of the molecule is COCC(C)NC(=O)COc1ccc(F)cc1S(=O)(=O)Cl. The highest BCUT2D eigenvalue weighted by atomic mass is 35.7. The third-order valence-corrected chi connectivity index (χ3v) is 3.69. The summed E-state index contributed by atoms with van der Waals surface area (Å²) < 4.78 is 45.6. The maximum Gasteiger partial charge on any atom is 0.265 e. The van der Waals surface area contributed by atoms with E-state index in [1.54, 1.807) is 6.92 Å². The molecule has 1 aromatic carbocycles. The fraction of sp³-hybridized carbons (Fsp3) is 0.417. The molecule has 0 aliphatic rings. The molecule has 21 heavy (non-hydrogen) atoms. The first-order valence-corrected chi connectivity index (χ1v) is 8.20. The molecule has 0 saturated carbocycles. The van der Waals surface area contributed by atoms with E-state index >= 15 is 0 Å². The van der Waals surface area contributed by atoms with Crippen LogP contribution in [0.5, 0.6) is 5.75 Å². The van der Waals surface area contributed by atoms with Crippen LogP contribution in [0, 0.1) is 5.82 Å². The summed E-state index contributed by atoms with van der Waals surface area (Å²) in [4.78, 5) is 11.1. The number of hydrogen-bond donors (Lipinski definition) is 1. The van der Waals surface area contributed by atoms with Gasteiger partial charge in [-0.2, -0.15) is 0 Å². The molecule has 1 aromatic rings. The van der Waals surface area contributed by atoms with Gasteiger partial charge in [0, 0.05) is 23.8 Å². The van der Waals surface area contributed by atoms with Crippen molar-refractivity contribution in [3.63, 3.8) is 0 Å². The van der Waals surface area contributed by atoms with Gasteiger partial charge in [0.15, 0.2) is 6.61 Å². The Labute approximate surface area is 126 Å². The van der Waals surface area contributed by atoms with Gasteiger partial charge >= 0.3 is 0 Å². The molecule has 1 rings (SSSR count). The lowest BCUT2D eigenvalue weighted by Gasteiger charge is -2.14. The lowest BCUT2D eigenvalue weighted by atomic mass is 10.3. The van der Waals surface area contributed by atoms with E-state index in [2.05, 4.69) is 5.32 Å². The van der Waals surface area contributed by atoms with Crippen molar-refractivity contribution in [1.29, 1.82) is 0 Å². The Hall–Kier alpha value is -1.38. The summed E-state index contributed by atoms with van der Waals surface area (Å²) in [7, 11) is 2.50. The van der Waals surface area contributed by atoms with Gasteiger partial charge in [-0.1, -0.05) is 0 Å². The van der Waals surface area contributed by atoms with Gasteiger partial charge in [-0.05, 0) is 25.1 Å². The van der Waals surface area contributed by atoms with E-state index in [4.69, 9.17) is 20.2 Å². The predicted molar refractivity (Wildman–Crippen MR) is 74.4 cm³/mol. The van der Waals surface area contributed by atoms with Crippen LogP contribution in [-0.4, -0.2) is 40.7 Å². The number of benzene rings is 1. The lowest BCUT2D eigenvalue weighted by Crippen LogP contribution is -2.38. The van der Waals surface area contributed by atoms with Gasteiger partial charge in [-0.3, -0.25) is 4.79 Å². The topological polar surface area (TPSA) is 81.7 Å². The van der Waals surface area contributed by atoms with Crippen LogP contribution in [0.15, 0.2) is 23.1 Å². The van der Waals surface area contributed by atoms with Gasteiger partial charge in [0.25, 0.3) is 15.0 Å². The quantitative estimate of drug-likeness (QED) is 0.757. The lowest BCUT2D eigenvalue weighted by molar-refractivity contribution is -0.124. The van der Waals surface area contributed by atoms with E-state index in [-0.39, 0.29) is 11.8 Å². The Kier molecular flexibility index (Phi) is 6.38. The van der Waals surface area contributed by atoms with Crippen molar-refractivity contribution in [2.45, 2.75) is 17.9 Å². The first-order chi connectivity index (χ1) is 9.74. The minimum absolute atomic E-state index is 0.194. The maximum absolute atomic E-state index is 13.1. The second-order valence-corrected chi connectivity index (χ2v) is 6.78. The van der Waals surface area contributed by atoms with Crippen molar-refractivity contribution in [3.05, 3.63) is 24.0 Å². The molecule has 0 heterocycles. The van der Waals surface area contributed by atoms with Crippen molar-refractivity contribution in [1.82, 2.24) is 5.32 Å². The van der Waals surface area contributed by atoms with Crippen LogP contribution in [0.1, 0.15) is 6.92 Å². The number of amides is 1. The minimum Gasteiger partial charge on any atom is -0.482 e. The molecular formula is C12H15ClFNO5S. The molecule has 1 unspecified atom stereocenters. The van der Waals surface area contributed by atoms with Crippen LogP contribution < -0.4 is 10.1 Å². The normalized spacial score (nSPS) is 12.8. The molecule has 6 nitrogen and oxygen atoms in total. The molecule has 1 amide bonds. The van der Waals surface area contributed by atoms with Crippen molar-refractivity contribution < 1.29 is 27.1 Å². The largest absolute Gasteiger partial charge is 0.482 e. The second kappa shape index (κ2) is 7.58. The van der Waals surface area contributed by atoms with E-state index in [0.29, 0.717) is 6.61 Å². The summed E-state index contributed by atoms with van der Waals surface area (Å²) in [5.74, 6) is -1.44. The van der Waals surface area contributed by atoms with E-state index in [1.165, 1.54) is 7.11 Å². The van der Waals surface area contributed by atoms with E-state index in [9.17, 15) is 17.6 Å². The van der Waals surface area contributed by atoms with Crippen molar-refractivity contribution >= 4 is 25.6 Å². The smallest absolute Gasteiger partial charge is 0.265 e. The maximum atomic E-state index is 13.1.